The van der Waals surface area contributed by atoms with Crippen molar-refractivity contribution < 1.29 is 8.78 Å². The van der Waals surface area contributed by atoms with Crippen LogP contribution in [0.25, 0.3) is 0 Å². The van der Waals surface area contributed by atoms with Gasteiger partial charge in [-0.05, 0) is 13.8 Å². The molecular formula is C7H13F2N3. The van der Waals surface area contributed by atoms with E-state index in [4.69, 9.17) is 0 Å². The molecule has 5 heteroatoms. The third-order valence-corrected chi connectivity index (χ3v) is 1.30. The van der Waals surface area contributed by atoms with Crippen molar-refractivity contribution in [1.29, 1.82) is 0 Å². The van der Waals surface area contributed by atoms with Crippen LogP contribution in [0.15, 0.2) is 10.1 Å². The molecule has 0 aromatic heterocycles. The average Bonchev–Trinajstić information content (AvgIpc) is 1.98. The zero-order valence-corrected chi connectivity index (χ0v) is 7.46. The first-order chi connectivity index (χ1) is 5.54. The quantitative estimate of drug-likeness (QED) is 0.365. The minimum Gasteiger partial charge on any atom is -0.269 e. The van der Waals surface area contributed by atoms with Crippen molar-refractivity contribution >= 4 is 12.6 Å². The molecule has 0 saturated heterocycles. The van der Waals surface area contributed by atoms with Gasteiger partial charge in [0.05, 0.1) is 0 Å². The van der Waals surface area contributed by atoms with Crippen LogP contribution >= 0.6 is 0 Å². The smallest absolute Gasteiger partial charge is 0.269 e. The predicted molar refractivity (Wildman–Crippen MR) is 45.9 cm³/mol. The van der Waals surface area contributed by atoms with E-state index in [-0.39, 0.29) is 11.9 Å². The van der Waals surface area contributed by atoms with E-state index in [0.717, 1.165) is 5.01 Å². The zero-order chi connectivity index (χ0) is 9.72. The number of alkyl halides is 2. The molecule has 0 aliphatic heterocycles. The Kier molecular flexibility index (Phi) is 4.39. The summed E-state index contributed by atoms with van der Waals surface area (Å²) in [5, 5.41) is 4.55. The van der Waals surface area contributed by atoms with Gasteiger partial charge in [0.2, 0.25) is 0 Å². The number of halogens is 2. The van der Waals surface area contributed by atoms with E-state index in [9.17, 15) is 8.78 Å². The molecule has 0 heterocycles. The lowest BCUT2D eigenvalue weighted by Crippen LogP contribution is -2.36. The molecule has 0 spiro atoms. The van der Waals surface area contributed by atoms with Crippen LogP contribution in [0, 0.1) is 0 Å². The van der Waals surface area contributed by atoms with Gasteiger partial charge in [-0.1, -0.05) is 0 Å². The Hall–Kier alpha value is -1.00. The maximum atomic E-state index is 12.2. The highest BCUT2D eigenvalue weighted by molar-refractivity contribution is 5.85. The minimum absolute atomic E-state index is 0.157. The lowest BCUT2D eigenvalue weighted by atomic mass is 10.3. The normalized spacial score (nSPS) is 12.4. The van der Waals surface area contributed by atoms with E-state index in [1.165, 1.54) is 7.05 Å². The highest BCUT2D eigenvalue weighted by Gasteiger charge is 2.21. The lowest BCUT2D eigenvalue weighted by molar-refractivity contribution is 0.193. The number of hydrogen-bond acceptors (Lipinski definition) is 2. The Balaban J connectivity index is 4.58. The first-order valence-electron chi connectivity index (χ1n) is 3.55. The van der Waals surface area contributed by atoms with Crippen molar-refractivity contribution in [3.05, 3.63) is 0 Å². The van der Waals surface area contributed by atoms with Crippen molar-refractivity contribution in [2.24, 2.45) is 10.1 Å². The van der Waals surface area contributed by atoms with E-state index < -0.39 is 6.43 Å². The summed E-state index contributed by atoms with van der Waals surface area (Å²) in [4.78, 5) is 3.44. The van der Waals surface area contributed by atoms with Gasteiger partial charge in [-0.2, -0.15) is 5.10 Å². The molecule has 0 fully saturated rings. The molecule has 0 amide bonds. The predicted octanol–water partition coefficient (Wildman–Crippen LogP) is 1.61. The van der Waals surface area contributed by atoms with Crippen LogP contribution in [0.3, 0.4) is 0 Å². The highest BCUT2D eigenvalue weighted by atomic mass is 19.3. The molecule has 0 bridgehead atoms. The molecule has 0 unspecified atom stereocenters. The zero-order valence-electron chi connectivity index (χ0n) is 7.46. The van der Waals surface area contributed by atoms with E-state index >= 15 is 0 Å². The van der Waals surface area contributed by atoms with Gasteiger partial charge in [0.25, 0.3) is 6.43 Å². The maximum absolute atomic E-state index is 12.2. The highest BCUT2D eigenvalue weighted by Crippen LogP contribution is 2.07. The number of hydrogen-bond donors (Lipinski definition) is 0. The second-order valence-corrected chi connectivity index (χ2v) is 2.46. The molecule has 0 aromatic carbocycles. The summed E-state index contributed by atoms with van der Waals surface area (Å²) in [5.41, 5.74) is 0. The van der Waals surface area contributed by atoms with Crippen LogP contribution < -0.4 is 0 Å². The summed E-state index contributed by atoms with van der Waals surface area (Å²) in [5.74, 6) is -0.347. The molecule has 0 radical (unpaired) electrons. The van der Waals surface area contributed by atoms with E-state index in [0.29, 0.717) is 0 Å². The molecule has 3 nitrogen and oxygen atoms in total. The Labute approximate surface area is 70.8 Å². The van der Waals surface area contributed by atoms with Gasteiger partial charge in [0.15, 0.2) is 5.84 Å². The first kappa shape index (κ1) is 11.0. The van der Waals surface area contributed by atoms with E-state index in [1.807, 2.05) is 0 Å². The van der Waals surface area contributed by atoms with Gasteiger partial charge < -0.3 is 0 Å². The third-order valence-electron chi connectivity index (χ3n) is 1.30. The molecule has 0 atom stereocenters. The number of amidine groups is 1. The van der Waals surface area contributed by atoms with Crippen molar-refractivity contribution in [3.63, 3.8) is 0 Å². The monoisotopic (exact) mass is 177 g/mol. The molecule has 0 rings (SSSR count). The summed E-state index contributed by atoms with van der Waals surface area (Å²) >= 11 is 0. The van der Waals surface area contributed by atoms with Crippen LogP contribution in [-0.4, -0.2) is 37.1 Å². The summed E-state index contributed by atoms with van der Waals surface area (Å²) in [6.45, 7) is 6.67. The summed E-state index contributed by atoms with van der Waals surface area (Å²) < 4.78 is 24.5. The van der Waals surface area contributed by atoms with Crippen LogP contribution in [0.4, 0.5) is 8.78 Å². The van der Waals surface area contributed by atoms with Crippen molar-refractivity contribution in [1.82, 2.24) is 5.01 Å². The number of aliphatic imine (C=N–C) groups is 1. The number of hydrazone groups is 1. The van der Waals surface area contributed by atoms with Crippen molar-refractivity contribution in [2.75, 3.05) is 7.05 Å². The van der Waals surface area contributed by atoms with Gasteiger partial charge in [-0.15, -0.1) is 0 Å². The molecule has 0 aliphatic rings. The van der Waals surface area contributed by atoms with Crippen LogP contribution in [0.2, 0.25) is 0 Å². The Morgan fingerprint density at radius 3 is 2.00 bits per heavy atom. The molecule has 12 heavy (non-hydrogen) atoms. The van der Waals surface area contributed by atoms with E-state index in [2.05, 4.69) is 16.8 Å². The number of nitrogens with zero attached hydrogens (tertiary/aromatic N) is 3. The molecule has 0 saturated carbocycles. The summed E-state index contributed by atoms with van der Waals surface area (Å²) in [6, 6.07) is -0.157. The van der Waals surface area contributed by atoms with Gasteiger partial charge in [-0.3, -0.25) is 4.99 Å². The Morgan fingerprint density at radius 2 is 1.92 bits per heavy atom. The lowest BCUT2D eigenvalue weighted by Gasteiger charge is -2.23. The number of rotatable bonds is 3. The first-order valence-corrected chi connectivity index (χ1v) is 3.55. The SMILES string of the molecule is C=NN(C(=NC)C(F)F)C(C)C. The van der Waals surface area contributed by atoms with Crippen molar-refractivity contribution in [3.8, 4) is 0 Å². The fourth-order valence-electron chi connectivity index (χ4n) is 0.800. The summed E-state index contributed by atoms with van der Waals surface area (Å²) in [6.07, 6.45) is -2.61. The second kappa shape index (κ2) is 4.79. The van der Waals surface area contributed by atoms with E-state index in [1.54, 1.807) is 13.8 Å². The largest absolute Gasteiger partial charge is 0.296 e. The minimum atomic E-state index is -2.61. The van der Waals surface area contributed by atoms with Crippen LogP contribution in [0.5, 0.6) is 0 Å². The van der Waals surface area contributed by atoms with Gasteiger partial charge in [0.1, 0.15) is 0 Å². The van der Waals surface area contributed by atoms with Crippen molar-refractivity contribution in [2.45, 2.75) is 26.3 Å². The van der Waals surface area contributed by atoms with Gasteiger partial charge >= 0.3 is 0 Å². The van der Waals surface area contributed by atoms with Crippen LogP contribution in [0.1, 0.15) is 13.8 Å². The Morgan fingerprint density at radius 1 is 1.42 bits per heavy atom. The van der Waals surface area contributed by atoms with Crippen LogP contribution in [-0.2, 0) is 0 Å². The fourth-order valence-corrected chi connectivity index (χ4v) is 0.800. The maximum Gasteiger partial charge on any atom is 0.296 e. The molecular weight excluding hydrogens is 164 g/mol. The average molecular weight is 177 g/mol. The summed E-state index contributed by atoms with van der Waals surface area (Å²) in [7, 11) is 1.31. The molecule has 0 aliphatic carbocycles. The van der Waals surface area contributed by atoms with Gasteiger partial charge in [-0.25, -0.2) is 13.8 Å². The third kappa shape index (κ3) is 2.56. The standard InChI is InChI=1S/C7H13F2N3/c1-5(2)12(11-4)7(10-3)6(8)9/h5-6H,4H2,1-3H3. The fraction of sp³-hybridized carbons (Fsp3) is 0.714. The topological polar surface area (TPSA) is 28.0 Å². The molecule has 70 valence electrons. The molecule has 0 N–H and O–H groups in total. The second-order valence-electron chi connectivity index (χ2n) is 2.46. The van der Waals surface area contributed by atoms with Gasteiger partial charge in [0, 0.05) is 19.8 Å². The molecule has 0 aromatic rings. The Bertz CT molecular complexity index is 177.